The van der Waals surface area contributed by atoms with Crippen molar-refractivity contribution in [2.75, 3.05) is 7.11 Å². The average Bonchev–Trinajstić information content (AvgIpc) is 2.68. The van der Waals surface area contributed by atoms with Crippen molar-refractivity contribution in [2.45, 2.75) is 44.8 Å². The second kappa shape index (κ2) is 5.71. The van der Waals surface area contributed by atoms with Crippen molar-refractivity contribution in [3.63, 3.8) is 0 Å². The summed E-state index contributed by atoms with van der Waals surface area (Å²) in [6.07, 6.45) is 5.53. The molecule has 1 saturated carbocycles. The number of nitrogens with zero attached hydrogens (tertiary/aromatic N) is 2. The molecule has 0 saturated heterocycles. The van der Waals surface area contributed by atoms with Crippen LogP contribution >= 0.6 is 11.6 Å². The maximum absolute atomic E-state index is 11.2. The van der Waals surface area contributed by atoms with Crippen LogP contribution in [0.2, 0.25) is 5.15 Å². The molecule has 0 unspecified atom stereocenters. The average molecular weight is 273 g/mol. The van der Waals surface area contributed by atoms with E-state index in [2.05, 4.69) is 5.10 Å². The number of carboxylic acid groups (broad SMARTS) is 1. The number of carboxylic acids is 1. The van der Waals surface area contributed by atoms with Crippen molar-refractivity contribution in [1.29, 1.82) is 0 Å². The van der Waals surface area contributed by atoms with Crippen LogP contribution in [-0.4, -0.2) is 28.0 Å². The van der Waals surface area contributed by atoms with Gasteiger partial charge >= 0.3 is 5.97 Å². The van der Waals surface area contributed by atoms with Gasteiger partial charge in [-0.25, -0.2) is 9.48 Å². The van der Waals surface area contributed by atoms with Crippen LogP contribution in [-0.2, 0) is 11.3 Å². The van der Waals surface area contributed by atoms with Crippen molar-refractivity contribution in [3.05, 3.63) is 16.4 Å². The number of ether oxygens (including phenoxy) is 1. The molecule has 0 aliphatic heterocycles. The summed E-state index contributed by atoms with van der Waals surface area (Å²) in [4.78, 5) is 11.2. The third-order valence-corrected chi connectivity index (χ3v) is 3.70. The van der Waals surface area contributed by atoms with E-state index in [1.54, 1.807) is 4.68 Å². The molecule has 1 N–H and O–H groups in total. The zero-order valence-corrected chi connectivity index (χ0v) is 11.1. The largest absolute Gasteiger partial charge is 0.478 e. The lowest BCUT2D eigenvalue weighted by molar-refractivity contribution is 0.0692. The van der Waals surface area contributed by atoms with Crippen LogP contribution in [0.3, 0.4) is 0 Å². The topological polar surface area (TPSA) is 64.4 Å². The van der Waals surface area contributed by atoms with Crippen molar-refractivity contribution in [2.24, 2.45) is 0 Å². The predicted molar refractivity (Wildman–Crippen MR) is 67.0 cm³/mol. The summed E-state index contributed by atoms with van der Waals surface area (Å²) in [5.74, 6) is -1.05. The number of rotatable bonds is 4. The highest BCUT2D eigenvalue weighted by atomic mass is 35.5. The Bertz CT molecular complexity index is 439. The zero-order valence-electron chi connectivity index (χ0n) is 10.4. The molecule has 0 bridgehead atoms. The molecule has 1 aromatic rings. The molecule has 1 fully saturated rings. The summed E-state index contributed by atoms with van der Waals surface area (Å²) in [7, 11) is 1.51. The normalized spacial score (nSPS) is 17.0. The molecule has 6 heteroatoms. The van der Waals surface area contributed by atoms with Crippen molar-refractivity contribution < 1.29 is 14.6 Å². The number of hydrogen-bond acceptors (Lipinski definition) is 3. The van der Waals surface area contributed by atoms with Gasteiger partial charge in [-0.05, 0) is 12.8 Å². The van der Waals surface area contributed by atoms with Crippen LogP contribution in [0.1, 0.15) is 54.2 Å². The van der Waals surface area contributed by atoms with E-state index in [0.29, 0.717) is 5.69 Å². The van der Waals surface area contributed by atoms with E-state index < -0.39 is 5.97 Å². The van der Waals surface area contributed by atoms with Gasteiger partial charge in [0.1, 0.15) is 16.4 Å². The van der Waals surface area contributed by atoms with Gasteiger partial charge in [0.15, 0.2) is 0 Å². The summed E-state index contributed by atoms with van der Waals surface area (Å²) in [6.45, 7) is 0.168. The molecule has 5 nitrogen and oxygen atoms in total. The molecule has 1 aliphatic carbocycles. The molecule has 0 aromatic carbocycles. The second-order valence-corrected chi connectivity index (χ2v) is 4.95. The fraction of sp³-hybridized carbons (Fsp3) is 0.667. The Morgan fingerprint density at radius 3 is 2.72 bits per heavy atom. The number of methoxy groups -OCH3 is 1. The van der Waals surface area contributed by atoms with Gasteiger partial charge in [0.2, 0.25) is 0 Å². The smallest absolute Gasteiger partial charge is 0.340 e. The maximum Gasteiger partial charge on any atom is 0.340 e. The third kappa shape index (κ3) is 2.52. The minimum absolute atomic E-state index is 0.0732. The van der Waals surface area contributed by atoms with E-state index >= 15 is 0 Å². The Labute approximate surface area is 111 Å². The van der Waals surface area contributed by atoms with Gasteiger partial charge in [-0.1, -0.05) is 30.9 Å². The molecule has 100 valence electrons. The molecule has 1 heterocycles. The van der Waals surface area contributed by atoms with E-state index in [1.807, 2.05) is 0 Å². The zero-order chi connectivity index (χ0) is 13.1. The standard InChI is InChI=1S/C12H17ClN2O3/c1-18-7-9-10(12(16)17)11(13)15(14-9)8-5-3-2-4-6-8/h8H,2-7H2,1H3,(H,16,17). The van der Waals surface area contributed by atoms with E-state index in [9.17, 15) is 9.90 Å². The van der Waals surface area contributed by atoms with Crippen molar-refractivity contribution in [1.82, 2.24) is 9.78 Å². The number of hydrogen-bond donors (Lipinski definition) is 1. The van der Waals surface area contributed by atoms with Gasteiger partial charge in [-0.15, -0.1) is 0 Å². The Balaban J connectivity index is 2.35. The lowest BCUT2D eigenvalue weighted by atomic mass is 9.96. The van der Waals surface area contributed by atoms with E-state index in [0.717, 1.165) is 25.7 Å². The Morgan fingerprint density at radius 2 is 2.17 bits per heavy atom. The molecule has 0 atom stereocenters. The Kier molecular flexibility index (Phi) is 4.24. The number of halogens is 1. The lowest BCUT2D eigenvalue weighted by Crippen LogP contribution is -2.14. The van der Waals surface area contributed by atoms with Crippen LogP contribution in [0.5, 0.6) is 0 Å². The number of aromatic nitrogens is 2. The van der Waals surface area contributed by atoms with Gasteiger partial charge in [-0.2, -0.15) is 5.10 Å². The van der Waals surface area contributed by atoms with E-state index in [4.69, 9.17) is 16.3 Å². The van der Waals surface area contributed by atoms with Crippen molar-refractivity contribution >= 4 is 17.6 Å². The molecule has 2 rings (SSSR count). The van der Waals surface area contributed by atoms with Gasteiger partial charge in [0.25, 0.3) is 0 Å². The Morgan fingerprint density at radius 1 is 1.50 bits per heavy atom. The molecule has 18 heavy (non-hydrogen) atoms. The highest BCUT2D eigenvalue weighted by molar-refractivity contribution is 6.32. The molecule has 0 amide bonds. The summed E-state index contributed by atoms with van der Waals surface area (Å²) in [5, 5.41) is 13.7. The minimum atomic E-state index is -1.05. The summed E-state index contributed by atoms with van der Waals surface area (Å²) in [5.41, 5.74) is 0.477. The molecule has 1 aliphatic rings. The number of carbonyl (C=O) groups is 1. The SMILES string of the molecule is COCc1nn(C2CCCCC2)c(Cl)c1C(=O)O. The summed E-state index contributed by atoms with van der Waals surface area (Å²) in [6, 6.07) is 0.218. The maximum atomic E-state index is 11.2. The number of aromatic carboxylic acids is 1. The fourth-order valence-electron chi connectivity index (χ4n) is 2.47. The molecule has 0 radical (unpaired) electrons. The first kappa shape index (κ1) is 13.4. The van der Waals surface area contributed by atoms with Crippen LogP contribution in [0, 0.1) is 0 Å². The molecule has 1 aromatic heterocycles. The Hall–Kier alpha value is -1.07. The molecule has 0 spiro atoms. The van der Waals surface area contributed by atoms with Crippen LogP contribution < -0.4 is 0 Å². The van der Waals surface area contributed by atoms with Gasteiger partial charge in [0.05, 0.1) is 12.6 Å². The highest BCUT2D eigenvalue weighted by Gasteiger charge is 2.26. The minimum Gasteiger partial charge on any atom is -0.478 e. The van der Waals surface area contributed by atoms with Gasteiger partial charge < -0.3 is 9.84 Å². The third-order valence-electron chi connectivity index (χ3n) is 3.34. The predicted octanol–water partition coefficient (Wildman–Crippen LogP) is 2.89. The monoisotopic (exact) mass is 272 g/mol. The quantitative estimate of drug-likeness (QED) is 0.915. The van der Waals surface area contributed by atoms with E-state index in [1.165, 1.54) is 13.5 Å². The second-order valence-electron chi connectivity index (χ2n) is 4.59. The van der Waals surface area contributed by atoms with Crippen molar-refractivity contribution in [3.8, 4) is 0 Å². The first-order valence-corrected chi connectivity index (χ1v) is 6.52. The molecular weight excluding hydrogens is 256 g/mol. The van der Waals surface area contributed by atoms with E-state index in [-0.39, 0.29) is 23.4 Å². The summed E-state index contributed by atoms with van der Waals surface area (Å²) < 4.78 is 6.64. The summed E-state index contributed by atoms with van der Waals surface area (Å²) >= 11 is 6.16. The van der Waals surface area contributed by atoms with Gasteiger partial charge in [-0.3, -0.25) is 0 Å². The lowest BCUT2D eigenvalue weighted by Gasteiger charge is -2.22. The first-order valence-electron chi connectivity index (χ1n) is 6.14. The van der Waals surface area contributed by atoms with Crippen LogP contribution in [0.25, 0.3) is 0 Å². The van der Waals surface area contributed by atoms with Crippen LogP contribution in [0.4, 0.5) is 0 Å². The highest BCUT2D eigenvalue weighted by Crippen LogP contribution is 2.32. The molecular formula is C12H17ClN2O3. The first-order chi connectivity index (χ1) is 8.65. The van der Waals surface area contributed by atoms with Gasteiger partial charge in [0, 0.05) is 7.11 Å². The fourth-order valence-corrected chi connectivity index (χ4v) is 2.84. The van der Waals surface area contributed by atoms with Crippen LogP contribution in [0.15, 0.2) is 0 Å².